The molecule has 0 bridgehead atoms. The van der Waals surface area contributed by atoms with Gasteiger partial charge in [-0.15, -0.1) is 0 Å². The Balaban J connectivity index is 1.98. The van der Waals surface area contributed by atoms with Gasteiger partial charge in [-0.3, -0.25) is 9.59 Å². The molecule has 2 aromatic rings. The molecule has 0 spiro atoms. The molecule has 0 aliphatic carbocycles. The quantitative estimate of drug-likeness (QED) is 0.701. The third-order valence-corrected chi connectivity index (χ3v) is 6.08. The van der Waals surface area contributed by atoms with E-state index in [9.17, 15) is 22.4 Å². The van der Waals surface area contributed by atoms with Gasteiger partial charge in [0.15, 0.2) is 0 Å². The molecule has 7 nitrogen and oxygen atoms in total. The molecule has 0 fully saturated rings. The number of anilines is 1. The lowest BCUT2D eigenvalue weighted by atomic mass is 10.2. The van der Waals surface area contributed by atoms with Crippen LogP contribution in [0, 0.1) is 5.82 Å². The number of nitrogens with one attached hydrogen (secondary N) is 2. The van der Waals surface area contributed by atoms with E-state index in [-0.39, 0.29) is 22.7 Å². The molecule has 2 rings (SSSR count). The van der Waals surface area contributed by atoms with E-state index in [2.05, 4.69) is 10.6 Å². The van der Waals surface area contributed by atoms with Gasteiger partial charge in [0.25, 0.3) is 5.91 Å². The van der Waals surface area contributed by atoms with Gasteiger partial charge in [0, 0.05) is 18.7 Å². The predicted molar refractivity (Wildman–Crippen MR) is 104 cm³/mol. The second-order valence-electron chi connectivity index (χ2n) is 5.82. The van der Waals surface area contributed by atoms with E-state index < -0.39 is 27.7 Å². The molecule has 0 aliphatic rings. The summed E-state index contributed by atoms with van der Waals surface area (Å²) in [6.07, 6.45) is 0. The molecule has 0 unspecified atom stereocenters. The van der Waals surface area contributed by atoms with Crippen molar-refractivity contribution < 1.29 is 22.4 Å². The van der Waals surface area contributed by atoms with Crippen molar-refractivity contribution >= 4 is 27.5 Å². The Hall–Kier alpha value is -2.78. The first-order valence-electron chi connectivity index (χ1n) is 8.72. The van der Waals surface area contributed by atoms with Crippen LogP contribution in [-0.4, -0.2) is 44.2 Å². The van der Waals surface area contributed by atoms with E-state index in [1.54, 1.807) is 19.9 Å². The van der Waals surface area contributed by atoms with Gasteiger partial charge in [0.1, 0.15) is 5.82 Å². The molecular weight excluding hydrogens is 385 g/mol. The van der Waals surface area contributed by atoms with Gasteiger partial charge in [-0.2, -0.15) is 4.31 Å². The van der Waals surface area contributed by atoms with Crippen LogP contribution in [0.15, 0.2) is 53.4 Å². The third-order valence-electron chi connectivity index (χ3n) is 4.02. The van der Waals surface area contributed by atoms with E-state index in [1.807, 2.05) is 0 Å². The first-order chi connectivity index (χ1) is 13.3. The maximum atomic E-state index is 13.5. The Labute approximate surface area is 163 Å². The molecule has 2 N–H and O–H groups in total. The van der Waals surface area contributed by atoms with E-state index in [4.69, 9.17) is 0 Å². The summed E-state index contributed by atoms with van der Waals surface area (Å²) in [5, 5.41) is 4.77. The zero-order chi connectivity index (χ0) is 20.7. The van der Waals surface area contributed by atoms with E-state index in [1.165, 1.54) is 46.8 Å². The van der Waals surface area contributed by atoms with Crippen LogP contribution in [0.25, 0.3) is 0 Å². The minimum Gasteiger partial charge on any atom is -0.343 e. The van der Waals surface area contributed by atoms with Crippen LogP contribution in [0.3, 0.4) is 0 Å². The van der Waals surface area contributed by atoms with Gasteiger partial charge in [-0.25, -0.2) is 12.8 Å². The lowest BCUT2D eigenvalue weighted by molar-refractivity contribution is -0.115. The minimum absolute atomic E-state index is 0.0210. The standard InChI is InChI=1S/C19H22FN3O4S/c1-3-23(4-2)28(26,27)15-11-9-14(10-12-15)19(25)21-13-18(24)22-17-8-6-5-7-16(17)20/h5-12H,3-4,13H2,1-2H3,(H,21,25)(H,22,24). The smallest absolute Gasteiger partial charge is 0.251 e. The number of carbonyl (C=O) groups is 2. The highest BCUT2D eigenvalue weighted by molar-refractivity contribution is 7.89. The lowest BCUT2D eigenvalue weighted by Gasteiger charge is -2.18. The van der Waals surface area contributed by atoms with Crippen molar-refractivity contribution in [3.8, 4) is 0 Å². The van der Waals surface area contributed by atoms with Crippen molar-refractivity contribution in [2.45, 2.75) is 18.7 Å². The second kappa shape index (κ2) is 9.43. The highest BCUT2D eigenvalue weighted by Crippen LogP contribution is 2.16. The molecule has 0 aromatic heterocycles. The maximum absolute atomic E-state index is 13.5. The number of sulfonamides is 1. The summed E-state index contributed by atoms with van der Waals surface area (Å²) in [4.78, 5) is 24.1. The van der Waals surface area contributed by atoms with Gasteiger partial charge in [-0.1, -0.05) is 26.0 Å². The molecule has 0 saturated carbocycles. The van der Waals surface area contributed by atoms with Crippen molar-refractivity contribution in [2.75, 3.05) is 25.0 Å². The van der Waals surface area contributed by atoms with E-state index in [0.717, 1.165) is 0 Å². The zero-order valence-corrected chi connectivity index (χ0v) is 16.4. The van der Waals surface area contributed by atoms with Gasteiger partial charge < -0.3 is 10.6 Å². The van der Waals surface area contributed by atoms with Crippen molar-refractivity contribution in [3.05, 3.63) is 59.9 Å². The summed E-state index contributed by atoms with van der Waals surface area (Å²) in [7, 11) is -3.61. The first-order valence-corrected chi connectivity index (χ1v) is 10.2. The summed E-state index contributed by atoms with van der Waals surface area (Å²) >= 11 is 0. The van der Waals surface area contributed by atoms with Crippen LogP contribution in [0.5, 0.6) is 0 Å². The molecular formula is C19H22FN3O4S. The van der Waals surface area contributed by atoms with Crippen LogP contribution >= 0.6 is 0 Å². The second-order valence-corrected chi connectivity index (χ2v) is 7.76. The maximum Gasteiger partial charge on any atom is 0.251 e. The molecule has 0 heterocycles. The predicted octanol–water partition coefficient (Wildman–Crippen LogP) is 2.22. The van der Waals surface area contributed by atoms with E-state index in [0.29, 0.717) is 13.1 Å². The Morgan fingerprint density at radius 2 is 1.61 bits per heavy atom. The van der Waals surface area contributed by atoms with Gasteiger partial charge in [0.2, 0.25) is 15.9 Å². The average Bonchev–Trinajstić information content (AvgIpc) is 2.68. The van der Waals surface area contributed by atoms with Gasteiger partial charge in [-0.05, 0) is 36.4 Å². The Bertz CT molecular complexity index is 942. The third kappa shape index (κ3) is 5.14. The molecule has 2 amide bonds. The summed E-state index contributed by atoms with van der Waals surface area (Å²) in [6.45, 7) is 3.83. The fourth-order valence-electron chi connectivity index (χ4n) is 2.51. The average molecular weight is 407 g/mol. The number of carbonyl (C=O) groups excluding carboxylic acids is 2. The van der Waals surface area contributed by atoms with Crippen LogP contribution in [0.2, 0.25) is 0 Å². The van der Waals surface area contributed by atoms with Gasteiger partial charge >= 0.3 is 0 Å². The molecule has 0 atom stereocenters. The summed E-state index contributed by atoms with van der Waals surface area (Å²) in [6, 6.07) is 11.1. The van der Waals surface area contributed by atoms with Crippen LogP contribution in [-0.2, 0) is 14.8 Å². The lowest BCUT2D eigenvalue weighted by Crippen LogP contribution is -2.33. The number of nitrogens with zero attached hydrogens (tertiary/aromatic N) is 1. The molecule has 9 heteroatoms. The molecule has 28 heavy (non-hydrogen) atoms. The topological polar surface area (TPSA) is 95.6 Å². The van der Waals surface area contributed by atoms with Crippen molar-refractivity contribution in [3.63, 3.8) is 0 Å². The van der Waals surface area contributed by atoms with Crippen LogP contribution in [0.4, 0.5) is 10.1 Å². The fourth-order valence-corrected chi connectivity index (χ4v) is 3.97. The van der Waals surface area contributed by atoms with E-state index >= 15 is 0 Å². The Kier molecular flexibility index (Phi) is 7.24. The normalized spacial score (nSPS) is 11.3. The molecule has 0 radical (unpaired) electrons. The van der Waals surface area contributed by atoms with Crippen molar-refractivity contribution in [1.82, 2.24) is 9.62 Å². The molecule has 2 aromatic carbocycles. The highest BCUT2D eigenvalue weighted by Gasteiger charge is 2.21. The monoisotopic (exact) mass is 407 g/mol. The number of hydrogen-bond donors (Lipinski definition) is 2. The molecule has 0 saturated heterocycles. The van der Waals surface area contributed by atoms with Crippen LogP contribution in [0.1, 0.15) is 24.2 Å². The zero-order valence-electron chi connectivity index (χ0n) is 15.6. The molecule has 0 aliphatic heterocycles. The number of rotatable bonds is 8. The number of halogens is 1. The van der Waals surface area contributed by atoms with Crippen LogP contribution < -0.4 is 10.6 Å². The van der Waals surface area contributed by atoms with Crippen molar-refractivity contribution in [1.29, 1.82) is 0 Å². The van der Waals surface area contributed by atoms with Crippen molar-refractivity contribution in [2.24, 2.45) is 0 Å². The number of amides is 2. The van der Waals surface area contributed by atoms with Gasteiger partial charge in [0.05, 0.1) is 17.1 Å². The SMILES string of the molecule is CCN(CC)S(=O)(=O)c1ccc(C(=O)NCC(=O)Nc2ccccc2F)cc1. The number of para-hydroxylation sites is 1. The highest BCUT2D eigenvalue weighted by atomic mass is 32.2. The Morgan fingerprint density at radius 1 is 1.00 bits per heavy atom. The summed E-state index contributed by atoms with van der Waals surface area (Å²) in [5.74, 6) is -1.71. The summed E-state index contributed by atoms with van der Waals surface area (Å²) < 4.78 is 39.7. The first kappa shape index (κ1) is 21.5. The fraction of sp³-hybridized carbons (Fsp3) is 0.263. The Morgan fingerprint density at radius 3 is 2.18 bits per heavy atom. The summed E-state index contributed by atoms with van der Waals surface area (Å²) in [5.41, 5.74) is 0.227. The molecule has 150 valence electrons. The number of benzene rings is 2. The largest absolute Gasteiger partial charge is 0.343 e. The number of hydrogen-bond acceptors (Lipinski definition) is 4. The minimum atomic E-state index is -3.61.